The number of aryl methyl sites for hydroxylation is 2. The topological polar surface area (TPSA) is 118 Å². The fraction of sp³-hybridized carbons (Fsp3) is 0.350. The highest BCUT2D eigenvalue weighted by Gasteiger charge is 2.22. The van der Waals surface area contributed by atoms with Crippen molar-refractivity contribution in [2.75, 3.05) is 18.4 Å². The molecule has 0 bridgehead atoms. The molecule has 0 aliphatic heterocycles. The van der Waals surface area contributed by atoms with Crippen molar-refractivity contribution < 1.29 is 18.0 Å². The largest absolute Gasteiger partial charge is 0.325 e. The van der Waals surface area contributed by atoms with Gasteiger partial charge in [-0.1, -0.05) is 31.5 Å². The van der Waals surface area contributed by atoms with Crippen molar-refractivity contribution in [1.82, 2.24) is 14.2 Å². The summed E-state index contributed by atoms with van der Waals surface area (Å²) in [5.74, 6) is -0.753. The molecule has 0 atom stereocenters. The zero-order valence-corrected chi connectivity index (χ0v) is 18.2. The fourth-order valence-electron chi connectivity index (χ4n) is 2.93. The molecule has 0 unspecified atom stereocenters. The van der Waals surface area contributed by atoms with Gasteiger partial charge in [-0.2, -0.15) is 4.31 Å². The molecule has 0 saturated carbocycles. The summed E-state index contributed by atoms with van der Waals surface area (Å²) in [6.07, 6.45) is 1.11. The highest BCUT2D eigenvalue weighted by Crippen LogP contribution is 2.16. The summed E-state index contributed by atoms with van der Waals surface area (Å²) in [7, 11) is -3.79. The second kappa shape index (κ2) is 9.68. The number of aromatic nitrogens is 1. The van der Waals surface area contributed by atoms with Gasteiger partial charge in [0.1, 0.15) is 6.54 Å². The lowest BCUT2D eigenvalue weighted by molar-refractivity contribution is -0.120. The number of sulfonamides is 1. The number of hydrogen-bond acceptors (Lipinski definition) is 5. The van der Waals surface area contributed by atoms with Crippen molar-refractivity contribution in [3.8, 4) is 0 Å². The molecule has 1 aromatic carbocycles. The van der Waals surface area contributed by atoms with Gasteiger partial charge < -0.3 is 9.88 Å². The molecule has 0 saturated heterocycles. The van der Waals surface area contributed by atoms with Crippen molar-refractivity contribution in [2.45, 2.75) is 39.1 Å². The zero-order chi connectivity index (χ0) is 22.5. The summed E-state index contributed by atoms with van der Waals surface area (Å²) < 4.78 is 27.5. The first-order chi connectivity index (χ1) is 14.1. The van der Waals surface area contributed by atoms with Crippen LogP contribution in [0.1, 0.15) is 25.0 Å². The summed E-state index contributed by atoms with van der Waals surface area (Å²) in [5, 5.41) is 4.71. The quantitative estimate of drug-likeness (QED) is 0.690. The molecule has 162 valence electrons. The molecule has 0 aliphatic carbocycles. The number of nitrogens with zero attached hydrogens (tertiary/aromatic N) is 2. The molecular weight excluding hydrogens is 408 g/mol. The molecule has 3 amide bonds. The summed E-state index contributed by atoms with van der Waals surface area (Å²) in [6.45, 7) is 7.21. The average molecular weight is 435 g/mol. The number of benzene rings is 1. The summed E-state index contributed by atoms with van der Waals surface area (Å²) >= 11 is 0. The Kier molecular flexibility index (Phi) is 7.52. The molecule has 30 heavy (non-hydrogen) atoms. The molecule has 2 aromatic rings. The first-order valence-electron chi connectivity index (χ1n) is 9.47. The minimum Gasteiger partial charge on any atom is -0.307 e. The van der Waals surface area contributed by atoms with Crippen LogP contribution in [0.5, 0.6) is 0 Å². The zero-order valence-electron chi connectivity index (χ0n) is 17.4. The molecule has 2 rings (SSSR count). The molecule has 0 radical (unpaired) electrons. The van der Waals surface area contributed by atoms with Crippen LogP contribution in [0.25, 0.3) is 0 Å². The molecule has 10 heteroatoms. The third-order valence-electron chi connectivity index (χ3n) is 4.50. The Labute approximate surface area is 175 Å². The maximum absolute atomic E-state index is 12.6. The number of amides is 3. The van der Waals surface area contributed by atoms with E-state index in [4.69, 9.17) is 0 Å². The van der Waals surface area contributed by atoms with E-state index in [1.165, 1.54) is 10.4 Å². The van der Waals surface area contributed by atoms with Crippen LogP contribution in [-0.2, 0) is 21.4 Å². The number of carbonyl (C=O) groups excluding carboxylic acids is 2. The van der Waals surface area contributed by atoms with Crippen LogP contribution in [0.15, 0.2) is 46.2 Å². The first kappa shape index (κ1) is 23.3. The van der Waals surface area contributed by atoms with E-state index in [1.54, 1.807) is 19.9 Å². The van der Waals surface area contributed by atoms with Gasteiger partial charge in [0, 0.05) is 31.0 Å². The van der Waals surface area contributed by atoms with E-state index >= 15 is 0 Å². The molecule has 1 aromatic heterocycles. The monoisotopic (exact) mass is 434 g/mol. The number of hydrogen-bond donors (Lipinski definition) is 2. The third kappa shape index (κ3) is 5.55. The van der Waals surface area contributed by atoms with E-state index in [0.717, 1.165) is 28.0 Å². The fourth-order valence-corrected chi connectivity index (χ4v) is 4.40. The minimum absolute atomic E-state index is 0.0988. The van der Waals surface area contributed by atoms with Crippen LogP contribution in [0, 0.1) is 13.8 Å². The number of nitrogens with one attached hydrogen (secondary N) is 2. The van der Waals surface area contributed by atoms with Crippen LogP contribution in [0.2, 0.25) is 0 Å². The molecular formula is C20H26N4O5S. The van der Waals surface area contributed by atoms with Gasteiger partial charge in [0.25, 0.3) is 5.56 Å². The smallest absolute Gasteiger partial charge is 0.307 e. The second-order valence-corrected chi connectivity index (χ2v) is 8.68. The third-order valence-corrected chi connectivity index (χ3v) is 6.53. The Morgan fingerprint density at radius 2 is 1.73 bits per heavy atom. The van der Waals surface area contributed by atoms with Crippen molar-refractivity contribution in [2.24, 2.45) is 0 Å². The Bertz CT molecular complexity index is 1100. The van der Waals surface area contributed by atoms with Crippen LogP contribution in [0.4, 0.5) is 10.5 Å². The van der Waals surface area contributed by atoms with Crippen molar-refractivity contribution in [1.29, 1.82) is 0 Å². The molecule has 1 heterocycles. The van der Waals surface area contributed by atoms with Gasteiger partial charge >= 0.3 is 6.03 Å². The molecule has 0 fully saturated rings. The van der Waals surface area contributed by atoms with E-state index in [-0.39, 0.29) is 18.0 Å². The predicted molar refractivity (Wildman–Crippen MR) is 114 cm³/mol. The van der Waals surface area contributed by atoms with Crippen LogP contribution < -0.4 is 16.2 Å². The van der Waals surface area contributed by atoms with Gasteiger partial charge in [0.15, 0.2) is 0 Å². The van der Waals surface area contributed by atoms with Crippen LogP contribution in [0.3, 0.4) is 0 Å². The van der Waals surface area contributed by atoms with Crippen LogP contribution in [-0.4, -0.2) is 42.3 Å². The minimum atomic E-state index is -3.79. The SMILES string of the molecule is CCN(CC)S(=O)(=O)c1ccc(=O)n(CC(=O)NC(=O)Nc2ccc(C)cc2C)c1. The lowest BCUT2D eigenvalue weighted by Gasteiger charge is -2.19. The molecule has 0 spiro atoms. The van der Waals surface area contributed by atoms with E-state index < -0.39 is 34.1 Å². The Morgan fingerprint density at radius 1 is 1.07 bits per heavy atom. The van der Waals surface area contributed by atoms with Crippen molar-refractivity contribution in [3.63, 3.8) is 0 Å². The van der Waals surface area contributed by atoms with Crippen LogP contribution >= 0.6 is 0 Å². The van der Waals surface area contributed by atoms with Crippen molar-refractivity contribution in [3.05, 3.63) is 58.0 Å². The lowest BCUT2D eigenvalue weighted by Crippen LogP contribution is -2.39. The average Bonchev–Trinajstić information content (AvgIpc) is 2.66. The Morgan fingerprint density at radius 3 is 2.33 bits per heavy atom. The van der Waals surface area contributed by atoms with E-state index in [2.05, 4.69) is 10.6 Å². The van der Waals surface area contributed by atoms with Gasteiger partial charge in [0.2, 0.25) is 15.9 Å². The van der Waals surface area contributed by atoms with E-state index in [9.17, 15) is 22.8 Å². The van der Waals surface area contributed by atoms with E-state index in [1.807, 2.05) is 26.0 Å². The van der Waals surface area contributed by atoms with Gasteiger partial charge in [-0.3, -0.25) is 14.9 Å². The maximum atomic E-state index is 12.6. The summed E-state index contributed by atoms with van der Waals surface area (Å²) in [6, 6.07) is 6.98. The number of anilines is 1. The maximum Gasteiger partial charge on any atom is 0.325 e. The number of rotatable bonds is 7. The number of urea groups is 1. The lowest BCUT2D eigenvalue weighted by atomic mass is 10.1. The highest BCUT2D eigenvalue weighted by atomic mass is 32.2. The number of imide groups is 1. The molecule has 0 aliphatic rings. The predicted octanol–water partition coefficient (Wildman–Crippen LogP) is 1.84. The molecule has 9 nitrogen and oxygen atoms in total. The highest BCUT2D eigenvalue weighted by molar-refractivity contribution is 7.89. The number of carbonyl (C=O) groups is 2. The van der Waals surface area contributed by atoms with Gasteiger partial charge in [0.05, 0.1) is 4.90 Å². The number of pyridine rings is 1. The Hall–Kier alpha value is -2.98. The van der Waals surface area contributed by atoms with Crippen molar-refractivity contribution >= 4 is 27.6 Å². The van der Waals surface area contributed by atoms with E-state index in [0.29, 0.717) is 5.69 Å². The van der Waals surface area contributed by atoms with Gasteiger partial charge in [-0.15, -0.1) is 0 Å². The summed E-state index contributed by atoms with van der Waals surface area (Å²) in [4.78, 5) is 36.3. The Balaban J connectivity index is 2.13. The molecule has 2 N–H and O–H groups in total. The normalized spacial score (nSPS) is 11.4. The summed E-state index contributed by atoms with van der Waals surface area (Å²) in [5.41, 5.74) is 1.87. The first-order valence-corrected chi connectivity index (χ1v) is 10.9. The standard InChI is InChI=1S/C20H26N4O5S/c1-5-24(6-2)30(28,29)16-8-10-19(26)23(12-16)13-18(25)22-20(27)21-17-9-7-14(3)11-15(17)4/h7-12H,5-6,13H2,1-4H3,(H2,21,22,25,27). The van der Waals surface area contributed by atoms with Gasteiger partial charge in [-0.05, 0) is 31.5 Å². The van der Waals surface area contributed by atoms with Gasteiger partial charge in [-0.25, -0.2) is 13.2 Å². The second-order valence-electron chi connectivity index (χ2n) is 6.74.